The minimum Gasteiger partial charge on any atom is -0.364 e. The molecular weight excluding hydrogens is 256 g/mol. The van der Waals surface area contributed by atoms with E-state index in [1.807, 2.05) is 14.1 Å². The molecule has 0 aliphatic carbocycles. The molecule has 18 heavy (non-hydrogen) atoms. The molecule has 0 fully saturated rings. The van der Waals surface area contributed by atoms with Gasteiger partial charge >= 0.3 is 5.69 Å². The Balaban J connectivity index is 2.50. The Kier molecular flexibility index (Phi) is 5.80. The van der Waals surface area contributed by atoms with Gasteiger partial charge in [-0.2, -0.15) is 0 Å². The van der Waals surface area contributed by atoms with Gasteiger partial charge in [-0.05, 0) is 39.5 Å². The van der Waals surface area contributed by atoms with E-state index in [0.717, 1.165) is 19.4 Å². The second-order valence-electron chi connectivity index (χ2n) is 4.20. The molecule has 1 rings (SSSR count). The fourth-order valence-electron chi connectivity index (χ4n) is 1.47. The highest BCUT2D eigenvalue weighted by Crippen LogP contribution is 2.23. The van der Waals surface area contributed by atoms with E-state index in [4.69, 9.17) is 11.6 Å². The molecule has 0 saturated carbocycles. The van der Waals surface area contributed by atoms with E-state index in [-0.39, 0.29) is 16.7 Å². The van der Waals surface area contributed by atoms with Crippen molar-refractivity contribution in [2.45, 2.75) is 12.8 Å². The largest absolute Gasteiger partial charge is 0.364 e. The standard InChI is InChI=1S/C11H17ClN4O2/c1-15(2)8-4-3-7-13-11-9(16(17)18)5-6-10(12)14-11/h5-6H,3-4,7-8H2,1-2H3,(H,13,14). The Morgan fingerprint density at radius 2 is 2.17 bits per heavy atom. The Labute approximate surface area is 111 Å². The van der Waals surface area contributed by atoms with Crippen LogP contribution >= 0.6 is 11.6 Å². The minimum atomic E-state index is -0.467. The van der Waals surface area contributed by atoms with E-state index in [0.29, 0.717) is 6.54 Å². The molecule has 0 aliphatic heterocycles. The molecule has 0 spiro atoms. The molecule has 6 nitrogen and oxygen atoms in total. The average molecular weight is 273 g/mol. The second-order valence-corrected chi connectivity index (χ2v) is 4.58. The zero-order chi connectivity index (χ0) is 13.5. The molecule has 1 N–H and O–H groups in total. The van der Waals surface area contributed by atoms with Crippen molar-refractivity contribution in [3.63, 3.8) is 0 Å². The van der Waals surface area contributed by atoms with E-state index in [1.54, 1.807) is 0 Å². The van der Waals surface area contributed by atoms with Crippen LogP contribution in [0.15, 0.2) is 12.1 Å². The Bertz CT molecular complexity index is 412. The van der Waals surface area contributed by atoms with Crippen molar-refractivity contribution in [3.05, 3.63) is 27.4 Å². The summed E-state index contributed by atoms with van der Waals surface area (Å²) in [6.45, 7) is 1.63. The number of unbranched alkanes of at least 4 members (excludes halogenated alkanes) is 1. The Morgan fingerprint density at radius 3 is 2.78 bits per heavy atom. The van der Waals surface area contributed by atoms with E-state index in [1.165, 1.54) is 12.1 Å². The van der Waals surface area contributed by atoms with Crippen LogP contribution in [-0.2, 0) is 0 Å². The monoisotopic (exact) mass is 272 g/mol. The van der Waals surface area contributed by atoms with Crippen LogP contribution in [0.25, 0.3) is 0 Å². The van der Waals surface area contributed by atoms with Crippen LogP contribution in [0.5, 0.6) is 0 Å². The minimum absolute atomic E-state index is 0.0491. The molecule has 0 atom stereocenters. The molecular formula is C11H17ClN4O2. The maximum Gasteiger partial charge on any atom is 0.311 e. The maximum absolute atomic E-state index is 10.8. The number of nitrogens with zero attached hydrogens (tertiary/aromatic N) is 3. The van der Waals surface area contributed by atoms with Crippen LogP contribution in [0.4, 0.5) is 11.5 Å². The van der Waals surface area contributed by atoms with Gasteiger partial charge in [0.2, 0.25) is 5.82 Å². The number of nitro groups is 1. The van der Waals surface area contributed by atoms with Crippen molar-refractivity contribution in [3.8, 4) is 0 Å². The molecule has 0 aromatic carbocycles. The van der Waals surface area contributed by atoms with Crippen molar-refractivity contribution >= 4 is 23.1 Å². The summed E-state index contributed by atoms with van der Waals surface area (Å²) in [4.78, 5) is 16.3. The zero-order valence-corrected chi connectivity index (χ0v) is 11.3. The van der Waals surface area contributed by atoms with Gasteiger partial charge < -0.3 is 10.2 Å². The van der Waals surface area contributed by atoms with Crippen molar-refractivity contribution in [2.24, 2.45) is 0 Å². The third kappa shape index (κ3) is 4.85. The lowest BCUT2D eigenvalue weighted by molar-refractivity contribution is -0.384. The Hall–Kier alpha value is -1.40. The van der Waals surface area contributed by atoms with E-state index in [2.05, 4.69) is 15.2 Å². The molecule has 7 heteroatoms. The summed E-state index contributed by atoms with van der Waals surface area (Å²) < 4.78 is 0. The molecule has 1 aromatic heterocycles. The number of hydrogen-bond acceptors (Lipinski definition) is 5. The number of rotatable bonds is 7. The topological polar surface area (TPSA) is 71.3 Å². The van der Waals surface area contributed by atoms with Gasteiger partial charge in [0.1, 0.15) is 5.15 Å². The molecule has 1 heterocycles. The first-order valence-corrected chi connectivity index (χ1v) is 6.08. The van der Waals surface area contributed by atoms with Crippen LogP contribution in [0, 0.1) is 10.1 Å². The van der Waals surface area contributed by atoms with Gasteiger partial charge in [0.15, 0.2) is 0 Å². The first-order chi connectivity index (χ1) is 8.50. The highest BCUT2D eigenvalue weighted by molar-refractivity contribution is 6.29. The highest BCUT2D eigenvalue weighted by atomic mass is 35.5. The maximum atomic E-state index is 10.8. The fourth-order valence-corrected chi connectivity index (χ4v) is 1.61. The van der Waals surface area contributed by atoms with E-state index < -0.39 is 4.92 Å². The molecule has 0 aliphatic rings. The van der Waals surface area contributed by atoms with Crippen LogP contribution in [-0.4, -0.2) is 42.0 Å². The predicted octanol–water partition coefficient (Wildman–Crippen LogP) is 2.40. The number of pyridine rings is 1. The molecule has 100 valence electrons. The summed E-state index contributed by atoms with van der Waals surface area (Å²) in [7, 11) is 4.02. The molecule has 0 unspecified atom stereocenters. The average Bonchev–Trinajstić information content (AvgIpc) is 2.27. The second kappa shape index (κ2) is 7.13. The first-order valence-electron chi connectivity index (χ1n) is 5.70. The summed E-state index contributed by atoms with van der Waals surface area (Å²) in [6.07, 6.45) is 1.94. The fraction of sp³-hybridized carbons (Fsp3) is 0.545. The number of hydrogen-bond donors (Lipinski definition) is 1. The highest BCUT2D eigenvalue weighted by Gasteiger charge is 2.14. The summed E-state index contributed by atoms with van der Waals surface area (Å²) in [5, 5.41) is 14.0. The van der Waals surface area contributed by atoms with Crippen molar-refractivity contribution in [2.75, 3.05) is 32.5 Å². The van der Waals surface area contributed by atoms with E-state index in [9.17, 15) is 10.1 Å². The normalized spacial score (nSPS) is 10.7. The van der Waals surface area contributed by atoms with E-state index >= 15 is 0 Å². The van der Waals surface area contributed by atoms with Gasteiger partial charge in [0.25, 0.3) is 0 Å². The lowest BCUT2D eigenvalue weighted by Gasteiger charge is -2.09. The zero-order valence-electron chi connectivity index (χ0n) is 10.5. The van der Waals surface area contributed by atoms with Gasteiger partial charge in [-0.15, -0.1) is 0 Å². The van der Waals surface area contributed by atoms with Crippen LogP contribution in [0.2, 0.25) is 5.15 Å². The molecule has 0 bridgehead atoms. The molecule has 0 saturated heterocycles. The third-order valence-electron chi connectivity index (χ3n) is 2.36. The molecule has 0 radical (unpaired) electrons. The number of aromatic nitrogens is 1. The number of anilines is 1. The van der Waals surface area contributed by atoms with Crippen LogP contribution in [0.3, 0.4) is 0 Å². The summed E-state index contributed by atoms with van der Waals surface area (Å²) in [6, 6.07) is 2.77. The summed E-state index contributed by atoms with van der Waals surface area (Å²) in [5.41, 5.74) is -0.0491. The van der Waals surface area contributed by atoms with Gasteiger partial charge in [0.05, 0.1) is 4.92 Å². The lowest BCUT2D eigenvalue weighted by Crippen LogP contribution is -2.14. The van der Waals surface area contributed by atoms with Crippen molar-refractivity contribution < 1.29 is 4.92 Å². The quantitative estimate of drug-likeness (QED) is 0.357. The lowest BCUT2D eigenvalue weighted by atomic mass is 10.3. The summed E-state index contributed by atoms with van der Waals surface area (Å²) >= 11 is 5.72. The third-order valence-corrected chi connectivity index (χ3v) is 2.57. The van der Waals surface area contributed by atoms with Gasteiger partial charge in [-0.1, -0.05) is 11.6 Å². The number of halogens is 1. The summed E-state index contributed by atoms with van der Waals surface area (Å²) in [5.74, 6) is 0.234. The SMILES string of the molecule is CN(C)CCCCNc1nc(Cl)ccc1[N+](=O)[O-]. The number of nitrogens with one attached hydrogen (secondary N) is 1. The van der Waals surface area contributed by atoms with Gasteiger partial charge in [-0.3, -0.25) is 10.1 Å². The van der Waals surface area contributed by atoms with Crippen LogP contribution in [0.1, 0.15) is 12.8 Å². The molecule has 0 amide bonds. The molecule has 1 aromatic rings. The van der Waals surface area contributed by atoms with Crippen LogP contribution < -0.4 is 5.32 Å². The van der Waals surface area contributed by atoms with Gasteiger partial charge in [-0.25, -0.2) is 4.98 Å². The first kappa shape index (κ1) is 14.7. The van der Waals surface area contributed by atoms with Crippen molar-refractivity contribution in [1.29, 1.82) is 0 Å². The predicted molar refractivity (Wildman–Crippen MR) is 72.2 cm³/mol. The van der Waals surface area contributed by atoms with Gasteiger partial charge in [0, 0.05) is 12.6 Å². The smallest absolute Gasteiger partial charge is 0.311 e. The van der Waals surface area contributed by atoms with Crippen molar-refractivity contribution in [1.82, 2.24) is 9.88 Å². The Morgan fingerprint density at radius 1 is 1.44 bits per heavy atom.